The lowest BCUT2D eigenvalue weighted by molar-refractivity contribution is -0.134. The second kappa shape index (κ2) is 8.03. The Kier molecular flexibility index (Phi) is 5.24. The minimum atomic E-state index is 0.337. The smallest absolute Gasteiger partial charge is 0.225 e. The van der Waals surface area contributed by atoms with Gasteiger partial charge in [-0.15, -0.1) is 0 Å². The topological polar surface area (TPSA) is 33.2 Å². The monoisotopic (exact) mass is 418 g/mol. The summed E-state index contributed by atoms with van der Waals surface area (Å²) in [5.41, 5.74) is 4.46. The number of amides is 1. The van der Waals surface area contributed by atoms with Crippen LogP contribution in [-0.4, -0.2) is 28.9 Å². The highest BCUT2D eigenvalue weighted by atomic mass is 35.5. The first kappa shape index (κ1) is 19.6. The highest BCUT2D eigenvalue weighted by Crippen LogP contribution is 2.37. The average molecular weight is 419 g/mol. The second-order valence-electron chi connectivity index (χ2n) is 8.88. The van der Waals surface area contributed by atoms with Crippen LogP contribution in [0.3, 0.4) is 0 Å². The van der Waals surface area contributed by atoms with Crippen LogP contribution < -0.4 is 0 Å². The maximum absolute atomic E-state index is 12.3. The predicted molar refractivity (Wildman–Crippen MR) is 123 cm³/mol. The third kappa shape index (κ3) is 3.83. The third-order valence-corrected chi connectivity index (χ3v) is 7.24. The Labute approximate surface area is 183 Å². The molecule has 3 aromatic rings. The van der Waals surface area contributed by atoms with Crippen LogP contribution in [0.4, 0.5) is 0 Å². The zero-order valence-corrected chi connectivity index (χ0v) is 18.1. The van der Waals surface area contributed by atoms with Crippen LogP contribution in [0.1, 0.15) is 44.1 Å². The normalized spacial score (nSPS) is 18.5. The minimum absolute atomic E-state index is 0.337. The minimum Gasteiger partial charge on any atom is -0.342 e. The van der Waals surface area contributed by atoms with Crippen molar-refractivity contribution in [3.05, 3.63) is 65.3 Å². The quantitative estimate of drug-likeness (QED) is 0.497. The molecule has 1 aliphatic heterocycles. The predicted octanol–water partition coefficient (Wildman–Crippen LogP) is 6.31. The Bertz CT molecular complexity index is 1070. The number of likely N-dealkylation sites (tertiary alicyclic amines) is 1. The lowest BCUT2D eigenvalue weighted by Gasteiger charge is -2.35. The molecule has 1 aromatic heterocycles. The number of carbonyl (C=O) groups excluding carboxylic acids is 1. The Morgan fingerprint density at radius 3 is 2.50 bits per heavy atom. The summed E-state index contributed by atoms with van der Waals surface area (Å²) in [7, 11) is 0. The summed E-state index contributed by atoms with van der Waals surface area (Å²) in [5, 5.41) is 1.81. The lowest BCUT2D eigenvalue weighted by atomic mass is 9.81. The van der Waals surface area contributed by atoms with Crippen molar-refractivity contribution >= 4 is 28.4 Å². The fourth-order valence-corrected chi connectivity index (χ4v) is 5.04. The molecule has 1 saturated carbocycles. The number of pyridine rings is 1. The van der Waals surface area contributed by atoms with Gasteiger partial charge in [-0.2, -0.15) is 0 Å². The molecular weight excluding hydrogens is 392 g/mol. The molecule has 2 aliphatic rings. The molecule has 2 fully saturated rings. The first-order valence-corrected chi connectivity index (χ1v) is 11.4. The molecule has 2 heterocycles. The van der Waals surface area contributed by atoms with Crippen molar-refractivity contribution in [1.82, 2.24) is 9.88 Å². The summed E-state index contributed by atoms with van der Waals surface area (Å²) >= 11 is 6.57. The highest BCUT2D eigenvalue weighted by molar-refractivity contribution is 6.34. The maximum atomic E-state index is 12.3. The number of hydrogen-bond acceptors (Lipinski definition) is 2. The molecular formula is C26H27ClN2O. The van der Waals surface area contributed by atoms with E-state index in [1.54, 1.807) is 0 Å². The van der Waals surface area contributed by atoms with Crippen molar-refractivity contribution in [2.24, 2.45) is 11.8 Å². The van der Waals surface area contributed by atoms with E-state index >= 15 is 0 Å². The number of benzene rings is 2. The van der Waals surface area contributed by atoms with Crippen molar-refractivity contribution in [2.75, 3.05) is 13.1 Å². The number of carbonyl (C=O) groups is 1. The van der Waals surface area contributed by atoms with Gasteiger partial charge in [-0.3, -0.25) is 9.78 Å². The molecule has 0 radical (unpaired) electrons. The van der Waals surface area contributed by atoms with Crippen molar-refractivity contribution in [3.63, 3.8) is 0 Å². The number of halogens is 1. The van der Waals surface area contributed by atoms with Gasteiger partial charge >= 0.3 is 0 Å². The summed E-state index contributed by atoms with van der Waals surface area (Å²) in [6.07, 6.45) is 6.21. The number of piperidine rings is 1. The van der Waals surface area contributed by atoms with Gasteiger partial charge in [0.25, 0.3) is 0 Å². The number of aromatic nitrogens is 1. The molecule has 1 amide bonds. The summed E-state index contributed by atoms with van der Waals surface area (Å²) in [5.74, 6) is 1.86. The summed E-state index contributed by atoms with van der Waals surface area (Å²) in [6, 6.07) is 16.9. The molecule has 0 spiro atoms. The van der Waals surface area contributed by atoms with Crippen molar-refractivity contribution in [1.29, 1.82) is 0 Å². The van der Waals surface area contributed by atoms with Crippen LogP contribution in [-0.2, 0) is 4.79 Å². The number of rotatable bonds is 4. The molecule has 1 unspecified atom stereocenters. The Morgan fingerprint density at radius 2 is 1.80 bits per heavy atom. The molecule has 3 nitrogen and oxygen atoms in total. The highest BCUT2D eigenvalue weighted by Gasteiger charge is 2.35. The molecule has 4 heteroatoms. The maximum Gasteiger partial charge on any atom is 0.225 e. The molecule has 1 atom stereocenters. The Hall–Kier alpha value is -2.39. The number of nitrogens with zero attached hydrogens (tertiary/aromatic N) is 2. The molecule has 30 heavy (non-hydrogen) atoms. The van der Waals surface area contributed by atoms with Crippen LogP contribution in [0.2, 0.25) is 5.02 Å². The van der Waals surface area contributed by atoms with Crippen molar-refractivity contribution in [3.8, 4) is 11.1 Å². The van der Waals surface area contributed by atoms with Gasteiger partial charge in [-0.1, -0.05) is 48.9 Å². The SMILES string of the molecule is CC(c1ccc(-c2cc3ncccc3cc2Cl)cc1)C1CCN(C(=O)C2CC2)CC1. The van der Waals surface area contributed by atoms with Gasteiger partial charge < -0.3 is 4.90 Å². The molecule has 1 aliphatic carbocycles. The second-order valence-corrected chi connectivity index (χ2v) is 9.28. The van der Waals surface area contributed by atoms with E-state index < -0.39 is 0 Å². The van der Waals surface area contributed by atoms with Gasteiger partial charge in [-0.25, -0.2) is 0 Å². The molecule has 5 rings (SSSR count). The summed E-state index contributed by atoms with van der Waals surface area (Å²) in [6.45, 7) is 4.16. The first-order valence-electron chi connectivity index (χ1n) is 11.0. The Balaban J connectivity index is 1.29. The standard InChI is InChI=1S/C26H27ClN2O/c1-17(19-10-13-29(14-11-19)26(30)21-8-9-21)18-4-6-20(7-5-18)23-16-25-22(15-24(23)27)3-2-12-28-25/h2-7,12,15-17,19,21H,8-11,13-14H2,1H3. The van der Waals surface area contributed by atoms with Gasteiger partial charge in [0.05, 0.1) is 5.52 Å². The van der Waals surface area contributed by atoms with Gasteiger partial charge in [0.15, 0.2) is 0 Å². The molecule has 0 bridgehead atoms. The van der Waals surface area contributed by atoms with E-state index in [0.29, 0.717) is 23.7 Å². The van der Waals surface area contributed by atoms with Gasteiger partial charge in [0.1, 0.15) is 0 Å². The van der Waals surface area contributed by atoms with Gasteiger partial charge in [0, 0.05) is 41.2 Å². The zero-order chi connectivity index (χ0) is 20.7. The van der Waals surface area contributed by atoms with Crippen molar-refractivity contribution in [2.45, 2.75) is 38.5 Å². The average Bonchev–Trinajstić information content (AvgIpc) is 3.63. The van der Waals surface area contributed by atoms with E-state index in [1.807, 2.05) is 24.4 Å². The third-order valence-electron chi connectivity index (χ3n) is 6.92. The van der Waals surface area contributed by atoms with Gasteiger partial charge in [0.2, 0.25) is 5.91 Å². The van der Waals surface area contributed by atoms with Crippen LogP contribution in [0, 0.1) is 11.8 Å². The molecule has 154 valence electrons. The molecule has 2 aromatic carbocycles. The van der Waals surface area contributed by atoms with E-state index in [0.717, 1.165) is 65.8 Å². The lowest BCUT2D eigenvalue weighted by Crippen LogP contribution is -2.40. The van der Waals surface area contributed by atoms with Crippen LogP contribution in [0.5, 0.6) is 0 Å². The van der Waals surface area contributed by atoms with E-state index in [4.69, 9.17) is 11.6 Å². The van der Waals surface area contributed by atoms with Gasteiger partial charge in [-0.05, 0) is 66.8 Å². The number of hydrogen-bond donors (Lipinski definition) is 0. The van der Waals surface area contributed by atoms with E-state index in [9.17, 15) is 4.79 Å². The van der Waals surface area contributed by atoms with E-state index in [1.165, 1.54) is 5.56 Å². The summed E-state index contributed by atoms with van der Waals surface area (Å²) in [4.78, 5) is 18.9. The van der Waals surface area contributed by atoms with E-state index in [-0.39, 0.29) is 0 Å². The fraction of sp³-hybridized carbons (Fsp3) is 0.385. The number of fused-ring (bicyclic) bond motifs is 1. The fourth-order valence-electron chi connectivity index (χ4n) is 4.76. The summed E-state index contributed by atoms with van der Waals surface area (Å²) < 4.78 is 0. The van der Waals surface area contributed by atoms with Crippen LogP contribution in [0.15, 0.2) is 54.7 Å². The van der Waals surface area contributed by atoms with Crippen LogP contribution in [0.25, 0.3) is 22.0 Å². The van der Waals surface area contributed by atoms with Crippen LogP contribution >= 0.6 is 11.6 Å². The molecule has 0 N–H and O–H groups in total. The zero-order valence-electron chi connectivity index (χ0n) is 17.4. The first-order chi connectivity index (χ1) is 14.6. The molecule has 1 saturated heterocycles. The van der Waals surface area contributed by atoms with Crippen molar-refractivity contribution < 1.29 is 4.79 Å². The van der Waals surface area contributed by atoms with E-state index in [2.05, 4.69) is 47.1 Å². The largest absolute Gasteiger partial charge is 0.342 e. The Morgan fingerprint density at radius 1 is 1.07 bits per heavy atom.